The molecule has 0 radical (unpaired) electrons. The average molecular weight is 332 g/mol. The van der Waals surface area contributed by atoms with Gasteiger partial charge in [-0.05, 0) is 49.6 Å². The van der Waals surface area contributed by atoms with Crippen LogP contribution in [0.4, 0.5) is 5.82 Å². The van der Waals surface area contributed by atoms with Crippen molar-refractivity contribution in [3.63, 3.8) is 0 Å². The Kier molecular flexibility index (Phi) is 4.28. The number of benzene rings is 2. The first-order chi connectivity index (χ1) is 12.3. The predicted molar refractivity (Wildman–Crippen MR) is 102 cm³/mol. The maximum absolute atomic E-state index is 5.90. The van der Waals surface area contributed by atoms with Crippen LogP contribution in [0.1, 0.15) is 22.4 Å². The second-order valence-corrected chi connectivity index (χ2v) is 6.61. The topological polar surface area (TPSA) is 47.1 Å². The summed E-state index contributed by atoms with van der Waals surface area (Å²) in [7, 11) is 0. The molecule has 0 fully saturated rings. The summed E-state index contributed by atoms with van der Waals surface area (Å²) in [5, 5.41) is 4.85. The van der Waals surface area contributed by atoms with Crippen molar-refractivity contribution in [1.29, 1.82) is 0 Å². The highest BCUT2D eigenvalue weighted by atomic mass is 15.4. The van der Waals surface area contributed by atoms with E-state index in [1.54, 1.807) is 0 Å². The SMILES string of the molecule is Cc1nn(-c2ccccc2)c(N2CCc3ccccc3C2)c1CCN. The predicted octanol–water partition coefficient (Wildman–Crippen LogP) is 3.24. The number of nitrogens with zero attached hydrogens (tertiary/aromatic N) is 3. The molecule has 3 aromatic rings. The first-order valence-electron chi connectivity index (χ1n) is 8.93. The molecule has 4 nitrogen and oxygen atoms in total. The fourth-order valence-corrected chi connectivity index (χ4v) is 3.73. The molecule has 1 aliphatic heterocycles. The Morgan fingerprint density at radius 1 is 1.00 bits per heavy atom. The van der Waals surface area contributed by atoms with E-state index < -0.39 is 0 Å². The highest BCUT2D eigenvalue weighted by Gasteiger charge is 2.24. The Bertz CT molecular complexity index is 867. The zero-order valence-corrected chi connectivity index (χ0v) is 14.7. The van der Waals surface area contributed by atoms with E-state index in [-0.39, 0.29) is 0 Å². The molecule has 128 valence electrons. The number of hydrogen-bond donors (Lipinski definition) is 1. The maximum atomic E-state index is 5.90. The van der Waals surface area contributed by atoms with Gasteiger partial charge in [0.05, 0.1) is 11.4 Å². The molecule has 0 aliphatic carbocycles. The number of anilines is 1. The van der Waals surface area contributed by atoms with Gasteiger partial charge in [-0.3, -0.25) is 0 Å². The van der Waals surface area contributed by atoms with Crippen LogP contribution in [-0.2, 0) is 19.4 Å². The smallest absolute Gasteiger partial charge is 0.136 e. The molecule has 0 bridgehead atoms. The summed E-state index contributed by atoms with van der Waals surface area (Å²) in [6.07, 6.45) is 1.92. The summed E-state index contributed by atoms with van der Waals surface area (Å²) in [6.45, 7) is 4.66. The Labute approximate surface area is 148 Å². The Morgan fingerprint density at radius 2 is 1.72 bits per heavy atom. The van der Waals surface area contributed by atoms with Crippen LogP contribution in [-0.4, -0.2) is 22.9 Å². The number of fused-ring (bicyclic) bond motifs is 1. The lowest BCUT2D eigenvalue weighted by atomic mass is 9.99. The monoisotopic (exact) mass is 332 g/mol. The van der Waals surface area contributed by atoms with Gasteiger partial charge in [0.2, 0.25) is 0 Å². The lowest BCUT2D eigenvalue weighted by molar-refractivity contribution is 0.694. The van der Waals surface area contributed by atoms with Gasteiger partial charge in [-0.1, -0.05) is 42.5 Å². The molecule has 2 N–H and O–H groups in total. The Morgan fingerprint density at radius 3 is 2.48 bits per heavy atom. The first kappa shape index (κ1) is 15.9. The van der Waals surface area contributed by atoms with Crippen LogP contribution in [0.2, 0.25) is 0 Å². The lowest BCUT2D eigenvalue weighted by Crippen LogP contribution is -2.32. The van der Waals surface area contributed by atoms with Crippen molar-refractivity contribution in [2.45, 2.75) is 26.3 Å². The van der Waals surface area contributed by atoms with Crippen LogP contribution in [0, 0.1) is 6.92 Å². The number of aryl methyl sites for hydroxylation is 1. The van der Waals surface area contributed by atoms with Crippen molar-refractivity contribution in [1.82, 2.24) is 9.78 Å². The van der Waals surface area contributed by atoms with Crippen molar-refractivity contribution in [2.75, 3.05) is 18.0 Å². The second kappa shape index (κ2) is 6.73. The van der Waals surface area contributed by atoms with E-state index in [4.69, 9.17) is 10.8 Å². The van der Waals surface area contributed by atoms with E-state index in [9.17, 15) is 0 Å². The molecule has 0 amide bonds. The van der Waals surface area contributed by atoms with Gasteiger partial charge in [0, 0.05) is 18.7 Å². The largest absolute Gasteiger partial charge is 0.352 e. The molecule has 2 heterocycles. The third kappa shape index (κ3) is 2.94. The minimum atomic E-state index is 0.638. The van der Waals surface area contributed by atoms with Crippen molar-refractivity contribution < 1.29 is 0 Å². The van der Waals surface area contributed by atoms with Crippen molar-refractivity contribution >= 4 is 5.82 Å². The summed E-state index contributed by atoms with van der Waals surface area (Å²) >= 11 is 0. The highest BCUT2D eigenvalue weighted by molar-refractivity contribution is 5.57. The fraction of sp³-hybridized carbons (Fsp3) is 0.286. The van der Waals surface area contributed by atoms with Crippen molar-refractivity contribution in [2.24, 2.45) is 5.73 Å². The van der Waals surface area contributed by atoms with Gasteiger partial charge in [0.25, 0.3) is 0 Å². The molecule has 1 aromatic heterocycles. The quantitative estimate of drug-likeness (QED) is 0.798. The van der Waals surface area contributed by atoms with Gasteiger partial charge in [0.15, 0.2) is 0 Å². The molecule has 4 rings (SSSR count). The number of rotatable bonds is 4. The van der Waals surface area contributed by atoms with Gasteiger partial charge in [-0.15, -0.1) is 0 Å². The van der Waals surface area contributed by atoms with Gasteiger partial charge in [0.1, 0.15) is 5.82 Å². The Balaban J connectivity index is 1.80. The van der Waals surface area contributed by atoms with Gasteiger partial charge >= 0.3 is 0 Å². The van der Waals surface area contributed by atoms with Gasteiger partial charge in [-0.2, -0.15) is 5.10 Å². The van der Waals surface area contributed by atoms with Crippen LogP contribution in [0.3, 0.4) is 0 Å². The van der Waals surface area contributed by atoms with E-state index in [1.165, 1.54) is 22.5 Å². The van der Waals surface area contributed by atoms with E-state index in [2.05, 4.69) is 65.0 Å². The molecule has 0 saturated heterocycles. The summed E-state index contributed by atoms with van der Waals surface area (Å²) < 4.78 is 2.09. The molecule has 0 atom stereocenters. The maximum Gasteiger partial charge on any atom is 0.136 e. The van der Waals surface area contributed by atoms with Crippen LogP contribution in [0.15, 0.2) is 54.6 Å². The van der Waals surface area contributed by atoms with Crippen LogP contribution >= 0.6 is 0 Å². The number of hydrogen-bond acceptors (Lipinski definition) is 3. The Hall–Kier alpha value is -2.59. The molecule has 4 heteroatoms. The summed E-state index contributed by atoms with van der Waals surface area (Å²) in [6, 6.07) is 19.1. The average Bonchev–Trinajstić information content (AvgIpc) is 2.99. The summed E-state index contributed by atoms with van der Waals surface area (Å²) in [4.78, 5) is 2.46. The standard InChI is InChI=1S/C21H24N4/c1-16-20(11-13-22)21(25(23-16)19-9-3-2-4-10-19)24-14-12-17-7-5-6-8-18(17)15-24/h2-10H,11-15,22H2,1H3. The lowest BCUT2D eigenvalue weighted by Gasteiger charge is -2.32. The fourth-order valence-electron chi connectivity index (χ4n) is 3.73. The van der Waals surface area contributed by atoms with Gasteiger partial charge < -0.3 is 10.6 Å². The van der Waals surface area contributed by atoms with E-state index >= 15 is 0 Å². The van der Waals surface area contributed by atoms with Crippen molar-refractivity contribution in [3.8, 4) is 5.69 Å². The van der Waals surface area contributed by atoms with E-state index in [0.29, 0.717) is 6.54 Å². The molecule has 2 aromatic carbocycles. The summed E-state index contributed by atoms with van der Waals surface area (Å²) in [5.74, 6) is 1.20. The number of para-hydroxylation sites is 1. The normalized spacial score (nSPS) is 13.8. The minimum absolute atomic E-state index is 0.638. The highest BCUT2D eigenvalue weighted by Crippen LogP contribution is 2.31. The number of nitrogens with two attached hydrogens (primary N) is 1. The zero-order chi connectivity index (χ0) is 17.2. The molecule has 1 aliphatic rings. The zero-order valence-electron chi connectivity index (χ0n) is 14.7. The molecule has 0 saturated carbocycles. The molecule has 25 heavy (non-hydrogen) atoms. The molecule has 0 unspecified atom stereocenters. The van der Waals surface area contributed by atoms with Gasteiger partial charge in [-0.25, -0.2) is 4.68 Å². The molecular formula is C21H24N4. The van der Waals surface area contributed by atoms with Crippen LogP contribution in [0.25, 0.3) is 5.69 Å². The van der Waals surface area contributed by atoms with Crippen LogP contribution < -0.4 is 10.6 Å². The third-order valence-electron chi connectivity index (χ3n) is 4.98. The minimum Gasteiger partial charge on any atom is -0.352 e. The van der Waals surface area contributed by atoms with Crippen LogP contribution in [0.5, 0.6) is 0 Å². The van der Waals surface area contributed by atoms with E-state index in [1.807, 2.05) is 6.07 Å². The van der Waals surface area contributed by atoms with Crippen molar-refractivity contribution in [3.05, 3.63) is 77.0 Å². The first-order valence-corrected chi connectivity index (χ1v) is 8.93. The number of aromatic nitrogens is 2. The third-order valence-corrected chi connectivity index (χ3v) is 4.98. The second-order valence-electron chi connectivity index (χ2n) is 6.61. The van der Waals surface area contributed by atoms with E-state index in [0.717, 1.165) is 37.3 Å². The summed E-state index contributed by atoms with van der Waals surface area (Å²) in [5.41, 5.74) is 12.2. The molecule has 0 spiro atoms. The molecular weight excluding hydrogens is 308 g/mol.